The van der Waals surface area contributed by atoms with Gasteiger partial charge in [0, 0.05) is 24.0 Å². The largest absolute Gasteiger partial charge is 0.481 e. The first kappa shape index (κ1) is 18.2. The van der Waals surface area contributed by atoms with Crippen molar-refractivity contribution in [3.05, 3.63) is 63.7 Å². The Hall–Kier alpha value is -3.56. The first-order valence-electron chi connectivity index (χ1n) is 7.66. The zero-order chi connectivity index (χ0) is 19.7. The molecule has 8 nitrogen and oxygen atoms in total. The number of benzene rings is 1. The van der Waals surface area contributed by atoms with Gasteiger partial charge in [-0.1, -0.05) is 6.07 Å². The number of nitrogens with one attached hydrogen (secondary N) is 1. The first-order chi connectivity index (χ1) is 12.8. The monoisotopic (exact) mass is 377 g/mol. The molecule has 0 saturated heterocycles. The summed E-state index contributed by atoms with van der Waals surface area (Å²) in [6.45, 7) is 0. The highest BCUT2D eigenvalue weighted by molar-refractivity contribution is 5.96. The zero-order valence-electron chi connectivity index (χ0n) is 13.9. The number of hydrogen-bond donors (Lipinski definition) is 2. The summed E-state index contributed by atoms with van der Waals surface area (Å²) in [6.07, 6.45) is 1.89. The van der Waals surface area contributed by atoms with Crippen LogP contribution in [0, 0.1) is 11.6 Å². The maximum atomic E-state index is 14.3. The van der Waals surface area contributed by atoms with E-state index in [-0.39, 0.29) is 22.4 Å². The number of rotatable bonds is 5. The number of carboxylic acid groups (broad SMARTS) is 1. The van der Waals surface area contributed by atoms with Crippen LogP contribution < -0.4 is 5.56 Å². The van der Waals surface area contributed by atoms with Crippen molar-refractivity contribution < 1.29 is 28.2 Å². The normalized spacial score (nSPS) is 12.1. The van der Waals surface area contributed by atoms with E-state index < -0.39 is 41.6 Å². The van der Waals surface area contributed by atoms with E-state index in [4.69, 9.17) is 0 Å². The average Bonchev–Trinajstić information content (AvgIpc) is 2.99. The smallest absolute Gasteiger partial charge is 0.341 e. The maximum absolute atomic E-state index is 14.3. The lowest BCUT2D eigenvalue weighted by Gasteiger charge is -2.22. The van der Waals surface area contributed by atoms with E-state index in [2.05, 4.69) is 14.9 Å². The van der Waals surface area contributed by atoms with Crippen LogP contribution in [0.4, 0.5) is 8.78 Å². The molecule has 0 aliphatic carbocycles. The van der Waals surface area contributed by atoms with Crippen molar-refractivity contribution in [1.29, 1.82) is 0 Å². The van der Waals surface area contributed by atoms with Crippen LogP contribution in [-0.2, 0) is 9.53 Å². The highest BCUT2D eigenvalue weighted by Gasteiger charge is 2.27. The number of carbonyl (C=O) groups excluding carboxylic acids is 1. The van der Waals surface area contributed by atoms with Crippen molar-refractivity contribution >= 4 is 11.9 Å². The van der Waals surface area contributed by atoms with Gasteiger partial charge in [-0.25, -0.2) is 18.7 Å². The number of fused-ring (bicyclic) bond motifs is 1. The Morgan fingerprint density at radius 1 is 1.33 bits per heavy atom. The predicted molar refractivity (Wildman–Crippen MR) is 87.6 cm³/mol. The topological polar surface area (TPSA) is 114 Å². The van der Waals surface area contributed by atoms with Gasteiger partial charge in [-0.3, -0.25) is 9.59 Å². The standard InChI is InChI=1S/C17H13F2N3O5/c1-27-17(26)11-7-22(6-10-15(11)20-21-16(10)25)13(5-14(23)24)9-3-2-8(18)4-12(9)19/h2-4,6-7,13H,5H2,1H3,(H,21,25)(H,23,24)/t13-/m0/s1. The molecule has 3 rings (SSSR count). The number of methoxy groups -OCH3 is 1. The van der Waals surface area contributed by atoms with Crippen molar-refractivity contribution in [3.8, 4) is 11.3 Å². The Balaban J connectivity index is 2.25. The molecule has 1 atom stereocenters. The fraction of sp³-hybridized carbons (Fsp3) is 0.176. The molecule has 0 radical (unpaired) electrons. The maximum Gasteiger partial charge on any atom is 0.341 e. The van der Waals surface area contributed by atoms with Crippen LogP contribution in [0.5, 0.6) is 0 Å². The summed E-state index contributed by atoms with van der Waals surface area (Å²) < 4.78 is 33.4. The molecule has 0 spiro atoms. The van der Waals surface area contributed by atoms with Crippen LogP contribution in [0.2, 0.25) is 0 Å². The Labute approximate surface area is 150 Å². The van der Waals surface area contributed by atoms with Crippen LogP contribution >= 0.6 is 0 Å². The number of carboxylic acids is 1. The molecule has 0 amide bonds. The lowest BCUT2D eigenvalue weighted by molar-refractivity contribution is -0.137. The number of esters is 1. The molecule has 0 unspecified atom stereocenters. The predicted octanol–water partition coefficient (Wildman–Crippen LogP) is 1.81. The van der Waals surface area contributed by atoms with E-state index in [1.54, 1.807) is 0 Å². The molecule has 10 heteroatoms. The Bertz CT molecular complexity index is 1060. The molecule has 0 saturated carbocycles. The van der Waals surface area contributed by atoms with Crippen molar-refractivity contribution in [3.63, 3.8) is 0 Å². The SMILES string of the molecule is COC(=O)c1cn([C@@H](CC(=O)O)c2ccc(F)cc2F)cc2c(=O)[nH]nc1-2. The minimum absolute atomic E-state index is 0.00388. The van der Waals surface area contributed by atoms with Crippen molar-refractivity contribution in [2.45, 2.75) is 12.5 Å². The van der Waals surface area contributed by atoms with Gasteiger partial charge in [0.2, 0.25) is 0 Å². The van der Waals surface area contributed by atoms with Crippen LogP contribution in [0.3, 0.4) is 0 Å². The molecular formula is C17H13F2N3O5. The molecule has 2 heterocycles. The second-order valence-corrected chi connectivity index (χ2v) is 5.71. The number of aromatic nitrogens is 3. The molecule has 27 heavy (non-hydrogen) atoms. The summed E-state index contributed by atoms with van der Waals surface area (Å²) in [4.78, 5) is 35.3. The van der Waals surface area contributed by atoms with Gasteiger partial charge in [0.25, 0.3) is 5.56 Å². The summed E-state index contributed by atoms with van der Waals surface area (Å²) in [5.74, 6) is -3.85. The summed E-state index contributed by atoms with van der Waals surface area (Å²) >= 11 is 0. The highest BCUT2D eigenvalue weighted by Crippen LogP contribution is 2.29. The van der Waals surface area contributed by atoms with Crippen LogP contribution in [0.25, 0.3) is 11.3 Å². The number of aliphatic carboxylic acids is 1. The molecule has 2 N–H and O–H groups in total. The van der Waals surface area contributed by atoms with Gasteiger partial charge in [0.05, 0.1) is 25.1 Å². The third-order valence-corrected chi connectivity index (χ3v) is 4.04. The number of H-pyrrole nitrogens is 1. The van der Waals surface area contributed by atoms with E-state index >= 15 is 0 Å². The number of nitrogens with zero attached hydrogens (tertiary/aromatic N) is 2. The molecule has 0 fully saturated rings. The van der Waals surface area contributed by atoms with Crippen molar-refractivity contribution in [2.75, 3.05) is 7.11 Å². The fourth-order valence-corrected chi connectivity index (χ4v) is 2.81. The van der Waals surface area contributed by atoms with Gasteiger partial charge < -0.3 is 14.4 Å². The Morgan fingerprint density at radius 2 is 2.07 bits per heavy atom. The van der Waals surface area contributed by atoms with Gasteiger partial charge in [-0.15, -0.1) is 0 Å². The van der Waals surface area contributed by atoms with Crippen molar-refractivity contribution in [1.82, 2.24) is 14.8 Å². The van der Waals surface area contributed by atoms with Gasteiger partial charge in [-0.2, -0.15) is 5.10 Å². The summed E-state index contributed by atoms with van der Waals surface area (Å²) in [5, 5.41) is 15.2. The molecule has 1 aromatic carbocycles. The third-order valence-electron chi connectivity index (χ3n) is 4.04. The van der Waals surface area contributed by atoms with E-state index in [0.717, 1.165) is 19.2 Å². The molecule has 2 aliphatic heterocycles. The van der Waals surface area contributed by atoms with E-state index in [1.165, 1.54) is 17.0 Å². The first-order valence-corrected chi connectivity index (χ1v) is 7.66. The Morgan fingerprint density at radius 3 is 2.70 bits per heavy atom. The van der Waals surface area contributed by atoms with E-state index in [0.29, 0.717) is 6.07 Å². The van der Waals surface area contributed by atoms with Gasteiger partial charge in [0.1, 0.15) is 22.9 Å². The zero-order valence-corrected chi connectivity index (χ0v) is 13.9. The minimum atomic E-state index is -1.26. The number of ether oxygens (including phenoxy) is 1. The average molecular weight is 377 g/mol. The Kier molecular flexibility index (Phi) is 4.72. The molecule has 0 aromatic heterocycles. The van der Waals surface area contributed by atoms with Crippen molar-refractivity contribution in [2.24, 2.45) is 0 Å². The molecule has 2 aliphatic rings. The van der Waals surface area contributed by atoms with Gasteiger partial charge in [0.15, 0.2) is 0 Å². The summed E-state index contributed by atoms with van der Waals surface area (Å²) in [7, 11) is 1.13. The fourth-order valence-electron chi connectivity index (χ4n) is 2.81. The summed E-state index contributed by atoms with van der Waals surface area (Å²) in [6, 6.07) is 1.58. The lowest BCUT2D eigenvalue weighted by atomic mass is 10.0. The van der Waals surface area contributed by atoms with Gasteiger partial charge in [-0.05, 0) is 6.07 Å². The van der Waals surface area contributed by atoms with E-state index in [1.807, 2.05) is 0 Å². The quantitative estimate of drug-likeness (QED) is 0.656. The number of carbonyl (C=O) groups is 2. The van der Waals surface area contributed by atoms with Gasteiger partial charge >= 0.3 is 11.9 Å². The minimum Gasteiger partial charge on any atom is -0.481 e. The number of hydrogen-bond acceptors (Lipinski definition) is 5. The second kappa shape index (κ2) is 6.98. The van der Waals surface area contributed by atoms with Crippen LogP contribution in [-0.4, -0.2) is 38.9 Å². The lowest BCUT2D eigenvalue weighted by Crippen LogP contribution is -2.20. The second-order valence-electron chi connectivity index (χ2n) is 5.71. The van der Waals surface area contributed by atoms with Crippen LogP contribution in [0.15, 0.2) is 35.4 Å². The summed E-state index contributed by atoms with van der Waals surface area (Å²) in [5.41, 5.74) is -0.799. The number of halogens is 2. The third kappa shape index (κ3) is 3.41. The molecular weight excluding hydrogens is 364 g/mol. The molecule has 140 valence electrons. The van der Waals surface area contributed by atoms with Crippen LogP contribution in [0.1, 0.15) is 28.4 Å². The highest BCUT2D eigenvalue weighted by atomic mass is 19.1. The van der Waals surface area contributed by atoms with E-state index in [9.17, 15) is 28.3 Å². The molecule has 0 bridgehead atoms. The number of pyridine rings is 1. The number of aromatic amines is 1. The molecule has 1 aromatic rings.